The highest BCUT2D eigenvalue weighted by molar-refractivity contribution is 8.25. The average Bonchev–Trinajstić information content (AvgIpc) is 2.61. The summed E-state index contributed by atoms with van der Waals surface area (Å²) in [5, 5.41) is 3.88. The second-order valence-electron chi connectivity index (χ2n) is 2.50. The second kappa shape index (κ2) is 3.14. The van der Waals surface area contributed by atoms with Crippen molar-refractivity contribution in [1.82, 2.24) is 5.43 Å². The van der Waals surface area contributed by atoms with Gasteiger partial charge in [-0.15, -0.1) is 23.5 Å². The molecule has 0 atom stereocenters. The molecular formula is C7H8N2OS2. The van der Waals surface area contributed by atoms with Crippen molar-refractivity contribution in [2.45, 2.75) is 6.92 Å². The molecule has 3 nitrogen and oxygen atoms in total. The van der Waals surface area contributed by atoms with Crippen molar-refractivity contribution in [3.63, 3.8) is 0 Å². The predicted octanol–water partition coefficient (Wildman–Crippen LogP) is 1.18. The van der Waals surface area contributed by atoms with E-state index in [1.54, 1.807) is 23.5 Å². The molecule has 0 aromatic heterocycles. The Bertz CT molecular complexity index is 288. The fourth-order valence-electron chi connectivity index (χ4n) is 1.11. The van der Waals surface area contributed by atoms with Crippen molar-refractivity contribution >= 4 is 35.1 Å². The first-order valence-corrected chi connectivity index (χ1v) is 5.61. The smallest absolute Gasteiger partial charge is 0.267 e. The number of hydrogen-bond donors (Lipinski definition) is 1. The number of hydrogen-bond acceptors (Lipinski definition) is 4. The molecule has 1 amide bonds. The largest absolute Gasteiger partial charge is 0.274 e. The van der Waals surface area contributed by atoms with Crippen molar-refractivity contribution in [3.05, 3.63) is 9.81 Å². The summed E-state index contributed by atoms with van der Waals surface area (Å²) in [7, 11) is 0. The van der Waals surface area contributed by atoms with E-state index in [4.69, 9.17) is 0 Å². The summed E-state index contributed by atoms with van der Waals surface area (Å²) in [4.78, 5) is 11.3. The van der Waals surface area contributed by atoms with Crippen molar-refractivity contribution in [1.29, 1.82) is 0 Å². The lowest BCUT2D eigenvalue weighted by molar-refractivity contribution is -0.116. The third kappa shape index (κ3) is 1.27. The van der Waals surface area contributed by atoms with Crippen LogP contribution in [0.15, 0.2) is 14.9 Å². The SMILES string of the molecule is CC1=NNC(=O)C1=C1SCCS1. The Morgan fingerprint density at radius 3 is 2.58 bits per heavy atom. The molecule has 0 bridgehead atoms. The predicted molar refractivity (Wildman–Crippen MR) is 53.2 cm³/mol. The zero-order valence-electron chi connectivity index (χ0n) is 6.59. The summed E-state index contributed by atoms with van der Waals surface area (Å²) in [6, 6.07) is 0. The summed E-state index contributed by atoms with van der Waals surface area (Å²) >= 11 is 3.50. The summed E-state index contributed by atoms with van der Waals surface area (Å²) in [6.07, 6.45) is 0. The highest BCUT2D eigenvalue weighted by Crippen LogP contribution is 2.39. The molecule has 2 heterocycles. The van der Waals surface area contributed by atoms with Crippen LogP contribution in [0.2, 0.25) is 0 Å². The van der Waals surface area contributed by atoms with Gasteiger partial charge in [0, 0.05) is 11.5 Å². The Balaban J connectivity index is 2.36. The summed E-state index contributed by atoms with van der Waals surface area (Å²) in [5.41, 5.74) is 4.06. The van der Waals surface area contributed by atoms with E-state index in [1.165, 1.54) is 0 Å². The van der Waals surface area contributed by atoms with Crippen LogP contribution in [0.3, 0.4) is 0 Å². The molecule has 64 valence electrons. The maximum Gasteiger partial charge on any atom is 0.274 e. The summed E-state index contributed by atoms with van der Waals surface area (Å²) < 4.78 is 1.13. The van der Waals surface area contributed by atoms with Crippen molar-refractivity contribution < 1.29 is 4.79 Å². The molecule has 0 unspecified atom stereocenters. The molecule has 1 saturated heterocycles. The molecule has 0 aromatic rings. The van der Waals surface area contributed by atoms with Crippen LogP contribution in [0.4, 0.5) is 0 Å². The molecule has 0 spiro atoms. The van der Waals surface area contributed by atoms with Gasteiger partial charge >= 0.3 is 0 Å². The summed E-state index contributed by atoms with van der Waals surface area (Å²) in [6.45, 7) is 1.86. The third-order valence-corrected chi connectivity index (χ3v) is 4.38. The molecule has 2 aliphatic heterocycles. The zero-order chi connectivity index (χ0) is 8.55. The topological polar surface area (TPSA) is 41.5 Å². The number of amides is 1. The maximum atomic E-state index is 11.3. The van der Waals surface area contributed by atoms with Gasteiger partial charge in [-0.05, 0) is 6.92 Å². The van der Waals surface area contributed by atoms with E-state index in [2.05, 4.69) is 10.5 Å². The first-order chi connectivity index (χ1) is 5.79. The number of carbonyl (C=O) groups excluding carboxylic acids is 1. The Morgan fingerprint density at radius 2 is 2.08 bits per heavy atom. The minimum absolute atomic E-state index is 0.0515. The number of rotatable bonds is 0. The molecule has 1 fully saturated rings. The third-order valence-electron chi connectivity index (χ3n) is 1.67. The lowest BCUT2D eigenvalue weighted by atomic mass is 10.2. The van der Waals surface area contributed by atoms with Gasteiger partial charge in [0.2, 0.25) is 0 Å². The van der Waals surface area contributed by atoms with E-state index < -0.39 is 0 Å². The first kappa shape index (κ1) is 8.19. The zero-order valence-corrected chi connectivity index (χ0v) is 8.22. The fourth-order valence-corrected chi connectivity index (χ4v) is 3.75. The van der Waals surface area contributed by atoms with E-state index in [0.717, 1.165) is 27.0 Å². The summed E-state index contributed by atoms with van der Waals surface area (Å²) in [5.74, 6) is 2.15. The Labute approximate surface area is 79.1 Å². The van der Waals surface area contributed by atoms with Gasteiger partial charge in [-0.25, -0.2) is 5.43 Å². The van der Waals surface area contributed by atoms with Crippen LogP contribution in [0.25, 0.3) is 0 Å². The van der Waals surface area contributed by atoms with Crippen molar-refractivity contribution in [2.75, 3.05) is 11.5 Å². The molecule has 0 radical (unpaired) electrons. The molecule has 12 heavy (non-hydrogen) atoms. The Hall–Kier alpha value is -0.420. The quantitative estimate of drug-likeness (QED) is 0.597. The average molecular weight is 200 g/mol. The number of carbonyl (C=O) groups is 1. The van der Waals surface area contributed by atoms with Crippen LogP contribution in [-0.4, -0.2) is 23.1 Å². The molecule has 0 aliphatic carbocycles. The normalized spacial score (nSPS) is 23.1. The van der Waals surface area contributed by atoms with Gasteiger partial charge in [0.1, 0.15) is 0 Å². The van der Waals surface area contributed by atoms with Crippen LogP contribution >= 0.6 is 23.5 Å². The maximum absolute atomic E-state index is 11.3. The van der Waals surface area contributed by atoms with Crippen LogP contribution in [0.1, 0.15) is 6.92 Å². The standard InChI is InChI=1S/C7H8N2OS2/c1-4-5(6(10)9-8-4)7-11-2-3-12-7/h2-3H2,1H3,(H,9,10). The molecular weight excluding hydrogens is 192 g/mol. The van der Waals surface area contributed by atoms with Crippen LogP contribution in [0, 0.1) is 0 Å². The first-order valence-electron chi connectivity index (χ1n) is 3.64. The molecule has 0 saturated carbocycles. The highest BCUT2D eigenvalue weighted by atomic mass is 32.2. The Morgan fingerprint density at radius 1 is 1.42 bits per heavy atom. The van der Waals surface area contributed by atoms with Gasteiger partial charge in [0.15, 0.2) is 0 Å². The lowest BCUT2D eigenvalue weighted by Crippen LogP contribution is -2.13. The minimum atomic E-state index is -0.0515. The number of nitrogens with one attached hydrogen (secondary N) is 1. The van der Waals surface area contributed by atoms with Gasteiger partial charge < -0.3 is 0 Å². The van der Waals surface area contributed by atoms with Crippen LogP contribution in [-0.2, 0) is 4.79 Å². The van der Waals surface area contributed by atoms with E-state index in [9.17, 15) is 4.79 Å². The molecule has 2 aliphatic rings. The van der Waals surface area contributed by atoms with Gasteiger partial charge in [-0.3, -0.25) is 4.79 Å². The Kier molecular flexibility index (Phi) is 2.14. The van der Waals surface area contributed by atoms with Crippen LogP contribution in [0.5, 0.6) is 0 Å². The van der Waals surface area contributed by atoms with E-state index >= 15 is 0 Å². The highest BCUT2D eigenvalue weighted by Gasteiger charge is 2.25. The second-order valence-corrected chi connectivity index (χ2v) is 4.97. The number of nitrogens with zero attached hydrogens (tertiary/aromatic N) is 1. The van der Waals surface area contributed by atoms with Crippen molar-refractivity contribution in [3.8, 4) is 0 Å². The van der Waals surface area contributed by atoms with Gasteiger partial charge in [-0.2, -0.15) is 5.10 Å². The molecule has 1 N–H and O–H groups in total. The van der Waals surface area contributed by atoms with E-state index in [-0.39, 0.29) is 5.91 Å². The van der Waals surface area contributed by atoms with Crippen LogP contribution < -0.4 is 5.43 Å². The van der Waals surface area contributed by atoms with Crippen molar-refractivity contribution in [2.24, 2.45) is 5.10 Å². The number of thioether (sulfide) groups is 2. The molecule has 5 heteroatoms. The van der Waals surface area contributed by atoms with Gasteiger partial charge in [-0.1, -0.05) is 0 Å². The molecule has 0 aromatic carbocycles. The van der Waals surface area contributed by atoms with E-state index in [1.807, 2.05) is 6.92 Å². The molecule has 2 rings (SSSR count). The van der Waals surface area contributed by atoms with Gasteiger partial charge in [0.05, 0.1) is 15.5 Å². The number of hydrazone groups is 1. The van der Waals surface area contributed by atoms with Gasteiger partial charge in [0.25, 0.3) is 5.91 Å². The monoisotopic (exact) mass is 200 g/mol. The lowest BCUT2D eigenvalue weighted by Gasteiger charge is -1.98. The fraction of sp³-hybridized carbons (Fsp3) is 0.429. The van der Waals surface area contributed by atoms with E-state index in [0.29, 0.717) is 0 Å². The minimum Gasteiger partial charge on any atom is -0.267 e.